The summed E-state index contributed by atoms with van der Waals surface area (Å²) in [5.74, 6) is 0. The summed E-state index contributed by atoms with van der Waals surface area (Å²) in [5, 5.41) is 13.8. The Morgan fingerprint density at radius 2 is 2.33 bits per heavy atom. The van der Waals surface area contributed by atoms with Gasteiger partial charge in [-0.2, -0.15) is 5.26 Å². The Hall–Kier alpha value is -1.57. The molecule has 0 saturated carbocycles. The summed E-state index contributed by atoms with van der Waals surface area (Å²) in [6.07, 6.45) is 2.89. The van der Waals surface area contributed by atoms with Gasteiger partial charge in [0.2, 0.25) is 0 Å². The molecule has 2 rings (SSSR count). The molecule has 1 heterocycles. The number of benzene rings is 1. The number of thiazole rings is 1. The van der Waals surface area contributed by atoms with Crippen LogP contribution in [0.1, 0.15) is 22.4 Å². The van der Waals surface area contributed by atoms with E-state index < -0.39 is 0 Å². The average Bonchev–Trinajstić information content (AvgIpc) is 2.84. The van der Waals surface area contributed by atoms with Crippen molar-refractivity contribution in [1.29, 1.82) is 5.26 Å². The van der Waals surface area contributed by atoms with Crippen LogP contribution in [0.5, 0.6) is 0 Å². The molecule has 0 radical (unpaired) electrons. The van der Waals surface area contributed by atoms with E-state index in [9.17, 15) is 0 Å². The van der Waals surface area contributed by atoms with Crippen molar-refractivity contribution in [2.24, 2.45) is 0 Å². The third-order valence-corrected chi connectivity index (χ3v) is 3.86. The number of nitrogens with one attached hydrogen (secondary N) is 1. The summed E-state index contributed by atoms with van der Waals surface area (Å²) < 4.78 is 0. The molecule has 0 aliphatic carbocycles. The maximum atomic E-state index is 9.00. The second-order valence-electron chi connectivity index (χ2n) is 3.73. The Morgan fingerprint density at radius 3 is 3.00 bits per heavy atom. The fraction of sp³-hybridized carbons (Fsp3) is 0.231. The molecule has 0 spiro atoms. The van der Waals surface area contributed by atoms with Gasteiger partial charge in [0, 0.05) is 16.1 Å². The summed E-state index contributed by atoms with van der Waals surface area (Å²) in [6, 6.07) is 7.32. The Balaban J connectivity index is 2.10. The van der Waals surface area contributed by atoms with Crippen LogP contribution < -0.4 is 5.32 Å². The van der Waals surface area contributed by atoms with Gasteiger partial charge in [-0.1, -0.05) is 18.5 Å². The molecule has 18 heavy (non-hydrogen) atoms. The number of halogens is 1. The van der Waals surface area contributed by atoms with E-state index in [0.717, 1.165) is 17.1 Å². The molecule has 1 N–H and O–H groups in total. The highest BCUT2D eigenvalue weighted by Crippen LogP contribution is 2.22. The molecule has 0 aliphatic rings. The lowest BCUT2D eigenvalue weighted by atomic mass is 10.2. The van der Waals surface area contributed by atoms with Crippen LogP contribution in [0.25, 0.3) is 0 Å². The molecule has 2 aromatic rings. The molecule has 0 fully saturated rings. The molecule has 0 aliphatic heterocycles. The second kappa shape index (κ2) is 5.85. The van der Waals surface area contributed by atoms with Crippen molar-refractivity contribution in [1.82, 2.24) is 4.98 Å². The van der Waals surface area contributed by atoms with Gasteiger partial charge in [-0.05, 0) is 24.6 Å². The van der Waals surface area contributed by atoms with Gasteiger partial charge in [0.1, 0.15) is 11.1 Å². The summed E-state index contributed by atoms with van der Waals surface area (Å²) in [6.45, 7) is 2.72. The van der Waals surface area contributed by atoms with Crippen LogP contribution in [0.15, 0.2) is 24.4 Å². The number of aromatic nitrogens is 1. The quantitative estimate of drug-likeness (QED) is 0.924. The van der Waals surface area contributed by atoms with Gasteiger partial charge in [-0.25, -0.2) is 4.98 Å². The SMILES string of the molecule is CCc1cnc(CNc2cc(Cl)ccc2C#N)s1. The van der Waals surface area contributed by atoms with Crippen molar-refractivity contribution < 1.29 is 0 Å². The van der Waals surface area contributed by atoms with E-state index in [1.54, 1.807) is 29.5 Å². The molecular weight excluding hydrogens is 266 g/mol. The minimum Gasteiger partial charge on any atom is -0.377 e. The third-order valence-electron chi connectivity index (χ3n) is 2.48. The van der Waals surface area contributed by atoms with Gasteiger partial charge in [-0.3, -0.25) is 0 Å². The Labute approximate surface area is 115 Å². The van der Waals surface area contributed by atoms with Gasteiger partial charge in [0.25, 0.3) is 0 Å². The average molecular weight is 278 g/mol. The fourth-order valence-electron chi connectivity index (χ4n) is 1.52. The van der Waals surface area contributed by atoms with Crippen LogP contribution in [0, 0.1) is 11.3 Å². The minimum absolute atomic E-state index is 0.590. The predicted molar refractivity (Wildman–Crippen MR) is 75.0 cm³/mol. The maximum Gasteiger partial charge on any atom is 0.112 e. The van der Waals surface area contributed by atoms with Crippen LogP contribution in [0.3, 0.4) is 0 Å². The molecule has 0 amide bonds. The van der Waals surface area contributed by atoms with E-state index in [0.29, 0.717) is 17.1 Å². The molecule has 1 aromatic heterocycles. The first-order valence-electron chi connectivity index (χ1n) is 5.60. The number of rotatable bonds is 4. The second-order valence-corrected chi connectivity index (χ2v) is 5.37. The van der Waals surface area contributed by atoms with Crippen molar-refractivity contribution in [3.05, 3.63) is 44.9 Å². The van der Waals surface area contributed by atoms with E-state index in [1.807, 2.05) is 6.20 Å². The number of anilines is 1. The Morgan fingerprint density at radius 1 is 1.50 bits per heavy atom. The lowest BCUT2D eigenvalue weighted by Gasteiger charge is -2.06. The zero-order chi connectivity index (χ0) is 13.0. The van der Waals surface area contributed by atoms with Gasteiger partial charge >= 0.3 is 0 Å². The van der Waals surface area contributed by atoms with Crippen molar-refractivity contribution >= 4 is 28.6 Å². The highest BCUT2D eigenvalue weighted by molar-refractivity contribution is 7.11. The molecule has 3 nitrogen and oxygen atoms in total. The van der Waals surface area contributed by atoms with Crippen LogP contribution in [0.2, 0.25) is 5.02 Å². The monoisotopic (exact) mass is 277 g/mol. The number of aryl methyl sites for hydroxylation is 1. The molecule has 5 heteroatoms. The van der Waals surface area contributed by atoms with E-state index in [-0.39, 0.29) is 0 Å². The topological polar surface area (TPSA) is 48.7 Å². The lowest BCUT2D eigenvalue weighted by Crippen LogP contribution is -2.00. The molecule has 0 bridgehead atoms. The molecular formula is C13H12ClN3S. The smallest absolute Gasteiger partial charge is 0.112 e. The maximum absolute atomic E-state index is 9.00. The molecule has 92 valence electrons. The standard InChI is InChI=1S/C13H12ClN3S/c1-2-11-7-17-13(18-11)8-16-12-5-10(14)4-3-9(12)6-15/h3-5,7,16H,2,8H2,1H3. The van der Waals surface area contributed by atoms with Crippen molar-refractivity contribution in [2.75, 3.05) is 5.32 Å². The molecule has 0 unspecified atom stereocenters. The van der Waals surface area contributed by atoms with Crippen molar-refractivity contribution in [3.63, 3.8) is 0 Å². The number of hydrogen-bond acceptors (Lipinski definition) is 4. The van der Waals surface area contributed by atoms with Crippen LogP contribution in [-0.4, -0.2) is 4.98 Å². The largest absolute Gasteiger partial charge is 0.377 e. The minimum atomic E-state index is 0.590. The fourth-order valence-corrected chi connectivity index (χ4v) is 2.50. The summed E-state index contributed by atoms with van der Waals surface area (Å²) >= 11 is 7.60. The first-order chi connectivity index (χ1) is 8.72. The van der Waals surface area contributed by atoms with Gasteiger partial charge in [0.05, 0.1) is 17.8 Å². The van der Waals surface area contributed by atoms with E-state index in [2.05, 4.69) is 23.3 Å². The highest BCUT2D eigenvalue weighted by Gasteiger charge is 2.04. The Bertz CT molecular complexity index is 586. The third kappa shape index (κ3) is 3.00. The van der Waals surface area contributed by atoms with E-state index in [1.165, 1.54) is 4.88 Å². The summed E-state index contributed by atoms with van der Waals surface area (Å²) in [5.41, 5.74) is 1.34. The summed E-state index contributed by atoms with van der Waals surface area (Å²) in [4.78, 5) is 5.58. The van der Waals surface area contributed by atoms with Crippen molar-refractivity contribution in [3.8, 4) is 6.07 Å². The van der Waals surface area contributed by atoms with Gasteiger partial charge in [-0.15, -0.1) is 11.3 Å². The zero-order valence-corrected chi connectivity index (χ0v) is 11.5. The Kier molecular flexibility index (Phi) is 4.19. The predicted octanol–water partition coefficient (Wildman–Crippen LogP) is 3.84. The van der Waals surface area contributed by atoms with E-state index in [4.69, 9.17) is 16.9 Å². The molecule has 0 saturated heterocycles. The first-order valence-corrected chi connectivity index (χ1v) is 6.79. The zero-order valence-electron chi connectivity index (χ0n) is 9.90. The molecule has 1 aromatic carbocycles. The summed E-state index contributed by atoms with van der Waals surface area (Å²) in [7, 11) is 0. The van der Waals surface area contributed by atoms with Gasteiger partial charge < -0.3 is 5.32 Å². The van der Waals surface area contributed by atoms with Crippen molar-refractivity contribution in [2.45, 2.75) is 19.9 Å². The van der Waals surface area contributed by atoms with Crippen LogP contribution >= 0.6 is 22.9 Å². The van der Waals surface area contributed by atoms with Gasteiger partial charge in [0.15, 0.2) is 0 Å². The van der Waals surface area contributed by atoms with Crippen LogP contribution in [-0.2, 0) is 13.0 Å². The normalized spacial score (nSPS) is 10.1. The lowest BCUT2D eigenvalue weighted by molar-refractivity contribution is 1.09. The first kappa shape index (κ1) is 12.9. The van der Waals surface area contributed by atoms with E-state index >= 15 is 0 Å². The highest BCUT2D eigenvalue weighted by atomic mass is 35.5. The number of nitrogens with zero attached hydrogens (tertiary/aromatic N) is 2. The number of nitriles is 1. The molecule has 0 atom stereocenters. The van der Waals surface area contributed by atoms with Crippen LogP contribution in [0.4, 0.5) is 5.69 Å². The number of hydrogen-bond donors (Lipinski definition) is 1.